The minimum atomic E-state index is -0.118. The van der Waals surface area contributed by atoms with Gasteiger partial charge in [-0.25, -0.2) is 4.68 Å². The lowest BCUT2D eigenvalue weighted by Gasteiger charge is -2.12. The van der Waals surface area contributed by atoms with Gasteiger partial charge < -0.3 is 20.3 Å². The van der Waals surface area contributed by atoms with Crippen molar-refractivity contribution in [2.45, 2.75) is 18.1 Å². The van der Waals surface area contributed by atoms with Gasteiger partial charge in [0.15, 0.2) is 5.76 Å². The molecule has 2 rings (SSSR count). The number of nitrogens with zero attached hydrogens (tertiary/aromatic N) is 3. The van der Waals surface area contributed by atoms with E-state index in [0.717, 1.165) is 0 Å². The van der Waals surface area contributed by atoms with Crippen molar-refractivity contribution in [3.63, 3.8) is 0 Å². The molecule has 2 heterocycles. The molecule has 0 aliphatic heterocycles. The van der Waals surface area contributed by atoms with Gasteiger partial charge in [-0.3, -0.25) is 4.79 Å². The molecule has 0 fully saturated rings. The molecule has 2 aromatic rings. The van der Waals surface area contributed by atoms with Crippen LogP contribution in [0.25, 0.3) is 11.6 Å². The van der Waals surface area contributed by atoms with Crippen molar-refractivity contribution < 1.29 is 13.9 Å². The van der Waals surface area contributed by atoms with E-state index in [1.807, 2.05) is 6.92 Å². The van der Waals surface area contributed by atoms with E-state index in [2.05, 4.69) is 15.5 Å². The van der Waals surface area contributed by atoms with Gasteiger partial charge in [-0.15, -0.1) is 10.2 Å². The number of nitrogen functional groups attached to an aromatic ring is 1. The van der Waals surface area contributed by atoms with Gasteiger partial charge in [0.05, 0.1) is 18.6 Å². The zero-order valence-electron chi connectivity index (χ0n) is 11.8. The smallest absolute Gasteiger partial charge is 0.230 e. The largest absolute Gasteiger partial charge is 0.461 e. The number of nitrogens with one attached hydrogen (secondary N) is 1. The van der Waals surface area contributed by atoms with E-state index in [-0.39, 0.29) is 17.7 Å². The van der Waals surface area contributed by atoms with Crippen LogP contribution in [0.4, 0.5) is 0 Å². The van der Waals surface area contributed by atoms with Crippen molar-refractivity contribution in [1.82, 2.24) is 20.2 Å². The summed E-state index contributed by atoms with van der Waals surface area (Å²) < 4.78 is 11.5. The Morgan fingerprint density at radius 1 is 1.62 bits per heavy atom. The Balaban J connectivity index is 1.91. The SMILES string of the molecule is COCC(C)NC(=O)CSc1nnc(-c2ccco2)n1N. The van der Waals surface area contributed by atoms with Crippen LogP contribution in [0, 0.1) is 0 Å². The number of amides is 1. The molecule has 0 aliphatic rings. The molecule has 0 aliphatic carbocycles. The lowest BCUT2D eigenvalue weighted by atomic mass is 10.3. The maximum atomic E-state index is 11.7. The molecule has 0 radical (unpaired) electrons. The van der Waals surface area contributed by atoms with Gasteiger partial charge in [0.2, 0.25) is 16.9 Å². The summed E-state index contributed by atoms with van der Waals surface area (Å²) in [7, 11) is 1.59. The Morgan fingerprint density at radius 2 is 2.43 bits per heavy atom. The summed E-state index contributed by atoms with van der Waals surface area (Å²) in [6.07, 6.45) is 1.53. The summed E-state index contributed by atoms with van der Waals surface area (Å²) in [5.41, 5.74) is 0. The summed E-state index contributed by atoms with van der Waals surface area (Å²) in [6, 6.07) is 3.43. The number of carbonyl (C=O) groups excluding carboxylic acids is 1. The minimum absolute atomic E-state index is 0.0440. The van der Waals surface area contributed by atoms with Crippen molar-refractivity contribution in [3.05, 3.63) is 18.4 Å². The first-order valence-corrected chi connectivity index (χ1v) is 7.26. The van der Waals surface area contributed by atoms with Gasteiger partial charge in [-0.05, 0) is 19.1 Å². The van der Waals surface area contributed by atoms with E-state index >= 15 is 0 Å². The highest BCUT2D eigenvalue weighted by atomic mass is 32.2. The third-order valence-corrected chi connectivity index (χ3v) is 3.51. The van der Waals surface area contributed by atoms with Crippen LogP contribution in [-0.2, 0) is 9.53 Å². The first-order valence-electron chi connectivity index (χ1n) is 6.27. The van der Waals surface area contributed by atoms with E-state index < -0.39 is 0 Å². The predicted octanol–water partition coefficient (Wildman–Crippen LogP) is 0.495. The van der Waals surface area contributed by atoms with Gasteiger partial charge in [0.1, 0.15) is 0 Å². The minimum Gasteiger partial charge on any atom is -0.461 e. The summed E-state index contributed by atoms with van der Waals surface area (Å²) >= 11 is 1.20. The van der Waals surface area contributed by atoms with E-state index in [1.54, 1.807) is 19.2 Å². The zero-order valence-corrected chi connectivity index (χ0v) is 12.6. The molecule has 9 heteroatoms. The van der Waals surface area contributed by atoms with Gasteiger partial charge in [0, 0.05) is 13.2 Å². The average molecular weight is 311 g/mol. The van der Waals surface area contributed by atoms with Crippen LogP contribution in [-0.4, -0.2) is 46.3 Å². The Bertz CT molecular complexity index is 584. The van der Waals surface area contributed by atoms with E-state index in [0.29, 0.717) is 23.3 Å². The molecule has 8 nitrogen and oxygen atoms in total. The van der Waals surface area contributed by atoms with Crippen molar-refractivity contribution in [2.75, 3.05) is 25.3 Å². The van der Waals surface area contributed by atoms with Crippen LogP contribution >= 0.6 is 11.8 Å². The van der Waals surface area contributed by atoms with E-state index in [1.165, 1.54) is 22.7 Å². The number of ether oxygens (including phenoxy) is 1. The lowest BCUT2D eigenvalue weighted by Crippen LogP contribution is -2.36. The Morgan fingerprint density at radius 3 is 3.10 bits per heavy atom. The van der Waals surface area contributed by atoms with Crippen molar-refractivity contribution >= 4 is 17.7 Å². The van der Waals surface area contributed by atoms with Gasteiger partial charge >= 0.3 is 0 Å². The van der Waals surface area contributed by atoms with Crippen LogP contribution in [0.2, 0.25) is 0 Å². The Kier molecular flexibility index (Phi) is 5.23. The summed E-state index contributed by atoms with van der Waals surface area (Å²) in [4.78, 5) is 11.7. The first-order chi connectivity index (χ1) is 10.1. The fourth-order valence-corrected chi connectivity index (χ4v) is 2.36. The molecule has 1 atom stereocenters. The maximum Gasteiger partial charge on any atom is 0.230 e. The van der Waals surface area contributed by atoms with Crippen LogP contribution < -0.4 is 11.2 Å². The van der Waals surface area contributed by atoms with Crippen molar-refractivity contribution in [2.24, 2.45) is 0 Å². The molecule has 1 unspecified atom stereocenters. The molecule has 114 valence electrons. The van der Waals surface area contributed by atoms with Crippen molar-refractivity contribution in [1.29, 1.82) is 0 Å². The first kappa shape index (κ1) is 15.4. The molecule has 0 spiro atoms. The number of hydrogen-bond donors (Lipinski definition) is 2. The fourth-order valence-electron chi connectivity index (χ4n) is 1.69. The summed E-state index contributed by atoms with van der Waals surface area (Å²) in [5, 5.41) is 11.1. The van der Waals surface area contributed by atoms with Crippen LogP contribution in [0.5, 0.6) is 0 Å². The second-order valence-electron chi connectivity index (χ2n) is 4.37. The number of carbonyl (C=O) groups is 1. The third-order valence-electron chi connectivity index (χ3n) is 2.56. The Hall–Kier alpha value is -2.00. The number of aromatic nitrogens is 3. The molecule has 0 bridgehead atoms. The van der Waals surface area contributed by atoms with Crippen molar-refractivity contribution in [3.8, 4) is 11.6 Å². The molecule has 1 amide bonds. The molecular formula is C12H17N5O3S. The predicted molar refractivity (Wildman–Crippen MR) is 78.1 cm³/mol. The number of thioether (sulfide) groups is 1. The highest BCUT2D eigenvalue weighted by Crippen LogP contribution is 2.21. The second kappa shape index (κ2) is 7.14. The molecule has 0 saturated carbocycles. The van der Waals surface area contributed by atoms with E-state index in [4.69, 9.17) is 15.0 Å². The molecule has 2 aromatic heterocycles. The monoisotopic (exact) mass is 311 g/mol. The topological polar surface area (TPSA) is 108 Å². The number of rotatable bonds is 7. The highest BCUT2D eigenvalue weighted by molar-refractivity contribution is 7.99. The number of furan rings is 1. The number of nitrogens with two attached hydrogens (primary N) is 1. The molecule has 0 saturated heterocycles. The van der Waals surface area contributed by atoms with Crippen LogP contribution in [0.3, 0.4) is 0 Å². The quantitative estimate of drug-likeness (QED) is 0.566. The summed E-state index contributed by atoms with van der Waals surface area (Å²) in [5.74, 6) is 6.90. The zero-order chi connectivity index (χ0) is 15.2. The Labute approximate surface area is 126 Å². The molecular weight excluding hydrogens is 294 g/mol. The van der Waals surface area contributed by atoms with Gasteiger partial charge in [0.25, 0.3) is 0 Å². The second-order valence-corrected chi connectivity index (χ2v) is 5.31. The maximum absolute atomic E-state index is 11.7. The van der Waals surface area contributed by atoms with Crippen LogP contribution in [0.1, 0.15) is 6.92 Å². The van der Waals surface area contributed by atoms with Crippen LogP contribution in [0.15, 0.2) is 28.0 Å². The highest BCUT2D eigenvalue weighted by Gasteiger charge is 2.15. The molecule has 3 N–H and O–H groups in total. The number of hydrogen-bond acceptors (Lipinski definition) is 7. The molecule has 21 heavy (non-hydrogen) atoms. The normalized spacial score (nSPS) is 12.3. The lowest BCUT2D eigenvalue weighted by molar-refractivity contribution is -0.119. The van der Waals surface area contributed by atoms with E-state index in [9.17, 15) is 4.79 Å². The summed E-state index contributed by atoms with van der Waals surface area (Å²) in [6.45, 7) is 2.33. The number of methoxy groups -OCH3 is 1. The third kappa shape index (κ3) is 3.99. The molecule has 0 aromatic carbocycles. The fraction of sp³-hybridized carbons (Fsp3) is 0.417. The standard InChI is InChI=1S/C12H17N5O3S/c1-8(6-19-2)14-10(18)7-21-12-16-15-11(17(12)13)9-4-3-5-20-9/h3-5,8H,6-7,13H2,1-2H3,(H,14,18). The van der Waals surface area contributed by atoms with Gasteiger partial charge in [-0.1, -0.05) is 11.8 Å². The average Bonchev–Trinajstić information content (AvgIpc) is 3.06. The van der Waals surface area contributed by atoms with Gasteiger partial charge in [-0.2, -0.15) is 0 Å².